The van der Waals surface area contributed by atoms with E-state index in [4.69, 9.17) is 0 Å². The largest absolute Gasteiger partial charge is 0.310 e. The molecule has 1 nitrogen and oxygen atoms in total. The first kappa shape index (κ1) is 36.9. The molecule has 1 heteroatoms. The van der Waals surface area contributed by atoms with Crippen LogP contribution in [0.3, 0.4) is 0 Å². The molecule has 0 amide bonds. The molecule has 0 radical (unpaired) electrons. The van der Waals surface area contributed by atoms with Gasteiger partial charge in [0.25, 0.3) is 0 Å². The molecule has 11 aromatic carbocycles. The molecule has 13 rings (SSSR count). The molecule has 1 unspecified atom stereocenters. The third-order valence-electron chi connectivity index (χ3n) is 14.6. The topological polar surface area (TPSA) is 3.24 Å². The molecule has 2 aliphatic rings. The minimum absolute atomic E-state index is 0.100. The molecule has 0 saturated heterocycles. The molecule has 1 atom stereocenters. The fourth-order valence-electron chi connectivity index (χ4n) is 11.6. The van der Waals surface area contributed by atoms with Crippen molar-refractivity contribution >= 4 is 76.5 Å². The third-order valence-corrected chi connectivity index (χ3v) is 14.6. The van der Waals surface area contributed by atoms with E-state index in [9.17, 15) is 0 Å². The van der Waals surface area contributed by atoms with Crippen LogP contribution in [0.1, 0.15) is 42.9 Å². The van der Waals surface area contributed by atoms with E-state index in [-0.39, 0.29) is 5.41 Å². The molecule has 0 aromatic heterocycles. The smallest absolute Gasteiger partial charge is 0.0465 e. The van der Waals surface area contributed by atoms with Gasteiger partial charge in [-0.2, -0.15) is 0 Å². The van der Waals surface area contributed by atoms with Gasteiger partial charge in [-0.3, -0.25) is 0 Å². The highest BCUT2D eigenvalue weighted by atomic mass is 15.1. The summed E-state index contributed by atoms with van der Waals surface area (Å²) in [6, 6.07) is 76.7. The molecule has 0 heterocycles. The molecule has 64 heavy (non-hydrogen) atoms. The monoisotopic (exact) mass is 815 g/mol. The predicted octanol–water partition coefficient (Wildman–Crippen LogP) is 17.5. The maximum Gasteiger partial charge on any atom is 0.0465 e. The lowest BCUT2D eigenvalue weighted by molar-refractivity contribution is 0.591. The Morgan fingerprint density at radius 3 is 1.62 bits per heavy atom. The van der Waals surface area contributed by atoms with E-state index >= 15 is 0 Å². The van der Waals surface area contributed by atoms with Crippen LogP contribution >= 0.6 is 0 Å². The standard InChI is InChI=1S/C63H45N/c1-63(2)57-38-45(32-34-49(57)50-37-33-48(39-58(50)63)64(46-16-5-3-6-17-46)47-18-7-4-8-19-47)40-24-26-43(27-25-40)60-51-20-9-11-22-53(51)62(54-23-12-10-21-52(54)60)56-36-31-44-29-28-41-14-13-15-42-30-35-55(56)61(44)59(41)42/h3-37,39,45H,38H2,1-2H3. The lowest BCUT2D eigenvalue weighted by Gasteiger charge is -2.30. The Bertz CT molecular complexity index is 3590. The van der Waals surface area contributed by atoms with E-state index < -0.39 is 0 Å². The maximum atomic E-state index is 2.45. The summed E-state index contributed by atoms with van der Waals surface area (Å²) in [6.45, 7) is 4.85. The molecule has 2 aliphatic carbocycles. The summed E-state index contributed by atoms with van der Waals surface area (Å²) < 4.78 is 0. The lowest BCUT2D eigenvalue weighted by atomic mass is 9.75. The van der Waals surface area contributed by atoms with Gasteiger partial charge in [-0.25, -0.2) is 0 Å². The molecular weight excluding hydrogens is 771 g/mol. The van der Waals surface area contributed by atoms with Gasteiger partial charge in [0.1, 0.15) is 0 Å². The Morgan fingerprint density at radius 1 is 0.438 bits per heavy atom. The van der Waals surface area contributed by atoms with Gasteiger partial charge in [-0.05, 0) is 141 Å². The van der Waals surface area contributed by atoms with Crippen LogP contribution in [0.25, 0.3) is 81.7 Å². The van der Waals surface area contributed by atoms with E-state index in [1.54, 1.807) is 0 Å². The van der Waals surface area contributed by atoms with Crippen molar-refractivity contribution in [2.45, 2.75) is 31.6 Å². The number of allylic oxidation sites excluding steroid dienone is 4. The quantitative estimate of drug-likeness (QED) is 0.119. The molecule has 0 saturated carbocycles. The van der Waals surface area contributed by atoms with E-state index in [2.05, 4.69) is 237 Å². The predicted molar refractivity (Wildman–Crippen MR) is 274 cm³/mol. The molecule has 11 aromatic rings. The number of para-hydroxylation sites is 2. The Hall–Kier alpha value is -7.74. The third kappa shape index (κ3) is 5.50. The molecule has 0 aliphatic heterocycles. The van der Waals surface area contributed by atoms with Gasteiger partial charge in [-0.15, -0.1) is 0 Å². The Kier molecular flexibility index (Phi) is 8.15. The summed E-state index contributed by atoms with van der Waals surface area (Å²) >= 11 is 0. The van der Waals surface area contributed by atoms with Crippen LogP contribution in [0.15, 0.2) is 224 Å². The first-order valence-corrected chi connectivity index (χ1v) is 22.7. The molecule has 0 fully saturated rings. The van der Waals surface area contributed by atoms with E-state index in [0.29, 0.717) is 5.92 Å². The van der Waals surface area contributed by atoms with Crippen LogP contribution in [0.5, 0.6) is 0 Å². The Labute approximate surface area is 374 Å². The molecule has 302 valence electrons. The average molecular weight is 816 g/mol. The summed E-state index contributed by atoms with van der Waals surface area (Å²) in [7, 11) is 0. The van der Waals surface area contributed by atoms with Gasteiger partial charge in [0.15, 0.2) is 0 Å². The molecule has 0 N–H and O–H groups in total. The highest BCUT2D eigenvalue weighted by Crippen LogP contribution is 2.54. The minimum Gasteiger partial charge on any atom is -0.310 e. The van der Waals surface area contributed by atoms with E-state index in [1.165, 1.54) is 110 Å². The second-order valence-electron chi connectivity index (χ2n) is 18.4. The van der Waals surface area contributed by atoms with Crippen molar-refractivity contribution in [2.24, 2.45) is 0 Å². The summed E-state index contributed by atoms with van der Waals surface area (Å²) in [5.74, 6) is 0.302. The normalized spacial score (nSPS) is 15.4. The van der Waals surface area contributed by atoms with Crippen molar-refractivity contribution in [2.75, 3.05) is 4.90 Å². The highest BCUT2D eigenvalue weighted by Gasteiger charge is 2.39. The number of anilines is 3. The summed E-state index contributed by atoms with van der Waals surface area (Å²) in [5, 5.41) is 13.0. The lowest BCUT2D eigenvalue weighted by Crippen LogP contribution is -2.20. The van der Waals surface area contributed by atoms with Crippen LogP contribution in [-0.4, -0.2) is 0 Å². The Balaban J connectivity index is 0.863. The zero-order valence-electron chi connectivity index (χ0n) is 36.0. The first-order valence-electron chi connectivity index (χ1n) is 22.7. The summed E-state index contributed by atoms with van der Waals surface area (Å²) in [5.41, 5.74) is 15.6. The minimum atomic E-state index is -0.100. The molecule has 0 bridgehead atoms. The van der Waals surface area contributed by atoms with Crippen molar-refractivity contribution in [3.05, 3.63) is 241 Å². The summed E-state index contributed by atoms with van der Waals surface area (Å²) in [6.07, 6.45) is 5.86. The number of benzene rings is 11. The van der Waals surface area contributed by atoms with Crippen LogP contribution in [0.2, 0.25) is 0 Å². The van der Waals surface area contributed by atoms with Crippen molar-refractivity contribution in [1.82, 2.24) is 0 Å². The van der Waals surface area contributed by atoms with Gasteiger partial charge in [0.2, 0.25) is 0 Å². The van der Waals surface area contributed by atoms with E-state index in [0.717, 1.165) is 17.8 Å². The number of hydrogen-bond donors (Lipinski definition) is 0. The second-order valence-corrected chi connectivity index (χ2v) is 18.4. The van der Waals surface area contributed by atoms with Gasteiger partial charge in [0.05, 0.1) is 0 Å². The molecular formula is C63H45N. The number of hydrogen-bond acceptors (Lipinski definition) is 1. The van der Waals surface area contributed by atoms with E-state index in [1.807, 2.05) is 0 Å². The highest BCUT2D eigenvalue weighted by molar-refractivity contribution is 6.29. The van der Waals surface area contributed by atoms with Crippen molar-refractivity contribution in [3.63, 3.8) is 0 Å². The SMILES string of the molecule is CC1(C)C2=C(C=CC(c3ccc(-c4c5ccccc5c(-c5ccc6ccc7cccc8ccc5c6c78)c5ccccc45)cc3)C2)c2ccc(N(c3ccccc3)c3ccccc3)cc21. The van der Waals surface area contributed by atoms with Crippen LogP contribution < -0.4 is 4.90 Å². The van der Waals surface area contributed by atoms with Crippen molar-refractivity contribution in [1.29, 1.82) is 0 Å². The summed E-state index contributed by atoms with van der Waals surface area (Å²) in [4.78, 5) is 2.38. The van der Waals surface area contributed by atoms with Crippen LogP contribution in [0, 0.1) is 0 Å². The van der Waals surface area contributed by atoms with Crippen molar-refractivity contribution in [3.8, 4) is 22.3 Å². The zero-order chi connectivity index (χ0) is 42.5. The zero-order valence-corrected chi connectivity index (χ0v) is 36.0. The van der Waals surface area contributed by atoms with Gasteiger partial charge >= 0.3 is 0 Å². The van der Waals surface area contributed by atoms with Crippen molar-refractivity contribution < 1.29 is 0 Å². The van der Waals surface area contributed by atoms with Gasteiger partial charge in [0, 0.05) is 28.4 Å². The number of fused-ring (bicyclic) bond motifs is 4. The molecule has 0 spiro atoms. The second kappa shape index (κ2) is 14.1. The van der Waals surface area contributed by atoms with Crippen LogP contribution in [-0.2, 0) is 5.41 Å². The first-order chi connectivity index (χ1) is 31.5. The number of rotatable bonds is 6. The van der Waals surface area contributed by atoms with Crippen LogP contribution in [0.4, 0.5) is 17.1 Å². The average Bonchev–Trinajstić information content (AvgIpc) is 3.58. The fraction of sp³-hybridized carbons (Fsp3) is 0.0794. The Morgan fingerprint density at radius 2 is 0.984 bits per heavy atom. The fourth-order valence-corrected chi connectivity index (χ4v) is 11.6. The van der Waals surface area contributed by atoms with Gasteiger partial charge in [-0.1, -0.05) is 201 Å². The number of nitrogens with zero attached hydrogens (tertiary/aromatic N) is 1. The maximum absolute atomic E-state index is 2.45. The van der Waals surface area contributed by atoms with Gasteiger partial charge < -0.3 is 4.90 Å².